The van der Waals surface area contributed by atoms with Gasteiger partial charge in [-0.25, -0.2) is 0 Å². The Labute approximate surface area is 82.9 Å². The lowest BCUT2D eigenvalue weighted by Gasteiger charge is -2.02. The van der Waals surface area contributed by atoms with E-state index in [1.165, 1.54) is 0 Å². The van der Waals surface area contributed by atoms with Crippen LogP contribution in [-0.4, -0.2) is 17.6 Å². The molecule has 0 fully saturated rings. The zero-order chi connectivity index (χ0) is 10.2. The number of aliphatic hydroxyl groups is 1. The number of unbranched alkanes of at least 4 members (excludes halogenated alkanes) is 1. The van der Waals surface area contributed by atoms with Crippen LogP contribution in [0, 0.1) is 0 Å². The van der Waals surface area contributed by atoms with Crippen LogP contribution in [0.2, 0.25) is 0 Å². The molecule has 0 atom stereocenters. The number of carbonyl (C=O) groups excluding carboxylic acids is 1. The summed E-state index contributed by atoms with van der Waals surface area (Å²) in [4.78, 5) is 11.2. The second-order valence-corrected chi connectivity index (χ2v) is 3.09. The molecular formula is C10H15NO3. The number of amides is 1. The van der Waals surface area contributed by atoms with Crippen molar-refractivity contribution >= 4 is 5.91 Å². The van der Waals surface area contributed by atoms with Gasteiger partial charge in [0.1, 0.15) is 0 Å². The maximum atomic E-state index is 11.2. The number of hydrogen-bond donors (Lipinski definition) is 2. The van der Waals surface area contributed by atoms with E-state index in [0.29, 0.717) is 19.4 Å². The quantitative estimate of drug-likeness (QED) is 0.670. The molecule has 0 unspecified atom stereocenters. The van der Waals surface area contributed by atoms with Crippen molar-refractivity contribution in [2.24, 2.45) is 0 Å². The van der Waals surface area contributed by atoms with Gasteiger partial charge >= 0.3 is 0 Å². The van der Waals surface area contributed by atoms with Crippen molar-refractivity contribution in [3.63, 3.8) is 0 Å². The van der Waals surface area contributed by atoms with Crippen molar-refractivity contribution in [1.29, 1.82) is 0 Å². The van der Waals surface area contributed by atoms with E-state index in [-0.39, 0.29) is 12.5 Å². The van der Waals surface area contributed by atoms with Crippen LogP contribution in [0.4, 0.5) is 0 Å². The molecule has 1 rings (SSSR count). The van der Waals surface area contributed by atoms with Gasteiger partial charge in [-0.3, -0.25) is 4.79 Å². The summed E-state index contributed by atoms with van der Waals surface area (Å²) in [6, 6.07) is 1.81. The highest BCUT2D eigenvalue weighted by molar-refractivity contribution is 5.75. The molecule has 0 bridgehead atoms. The first-order valence-corrected chi connectivity index (χ1v) is 4.71. The van der Waals surface area contributed by atoms with Crippen LogP contribution in [0.1, 0.15) is 24.8 Å². The highest BCUT2D eigenvalue weighted by Crippen LogP contribution is 1.99. The van der Waals surface area contributed by atoms with Crippen molar-refractivity contribution in [1.82, 2.24) is 5.32 Å². The SMILES string of the molecule is O=C(CCCCO)NCc1ccoc1. The monoisotopic (exact) mass is 197 g/mol. The van der Waals surface area contributed by atoms with Crippen LogP contribution in [-0.2, 0) is 11.3 Å². The lowest BCUT2D eigenvalue weighted by atomic mass is 10.2. The zero-order valence-corrected chi connectivity index (χ0v) is 8.03. The number of aliphatic hydroxyl groups excluding tert-OH is 1. The molecule has 4 nitrogen and oxygen atoms in total. The fourth-order valence-corrected chi connectivity index (χ4v) is 1.08. The van der Waals surface area contributed by atoms with Gasteiger partial charge in [-0.15, -0.1) is 0 Å². The predicted molar refractivity (Wildman–Crippen MR) is 51.5 cm³/mol. The molecule has 1 aromatic heterocycles. The Balaban J connectivity index is 2.09. The van der Waals surface area contributed by atoms with Crippen LogP contribution in [0.3, 0.4) is 0 Å². The van der Waals surface area contributed by atoms with Gasteiger partial charge < -0.3 is 14.8 Å². The Morgan fingerprint density at radius 2 is 2.36 bits per heavy atom. The second-order valence-electron chi connectivity index (χ2n) is 3.09. The van der Waals surface area contributed by atoms with Gasteiger partial charge in [0, 0.05) is 25.1 Å². The number of nitrogens with one attached hydrogen (secondary N) is 1. The summed E-state index contributed by atoms with van der Waals surface area (Å²) < 4.78 is 4.86. The molecule has 4 heteroatoms. The molecule has 78 valence electrons. The summed E-state index contributed by atoms with van der Waals surface area (Å²) in [7, 11) is 0. The molecule has 1 amide bonds. The molecular weight excluding hydrogens is 182 g/mol. The minimum absolute atomic E-state index is 0.0136. The Bertz CT molecular complexity index is 256. The van der Waals surface area contributed by atoms with Gasteiger partial charge in [0.05, 0.1) is 12.5 Å². The minimum Gasteiger partial charge on any atom is -0.472 e. The highest BCUT2D eigenvalue weighted by atomic mass is 16.3. The number of furan rings is 1. The maximum absolute atomic E-state index is 11.2. The summed E-state index contributed by atoms with van der Waals surface area (Å²) in [5, 5.41) is 11.3. The maximum Gasteiger partial charge on any atom is 0.220 e. The normalized spacial score (nSPS) is 10.1. The Hall–Kier alpha value is -1.29. The van der Waals surface area contributed by atoms with Crippen molar-refractivity contribution in [3.8, 4) is 0 Å². The lowest BCUT2D eigenvalue weighted by Crippen LogP contribution is -2.22. The van der Waals surface area contributed by atoms with Crippen LogP contribution >= 0.6 is 0 Å². The molecule has 0 radical (unpaired) electrons. The van der Waals surface area contributed by atoms with Crippen molar-refractivity contribution in [3.05, 3.63) is 24.2 Å². The van der Waals surface area contributed by atoms with E-state index in [9.17, 15) is 4.79 Å². The first-order chi connectivity index (χ1) is 6.83. The molecule has 14 heavy (non-hydrogen) atoms. The van der Waals surface area contributed by atoms with Gasteiger partial charge in [-0.05, 0) is 18.9 Å². The Morgan fingerprint density at radius 1 is 1.50 bits per heavy atom. The van der Waals surface area contributed by atoms with Gasteiger partial charge in [-0.2, -0.15) is 0 Å². The minimum atomic E-state index is 0.0136. The van der Waals surface area contributed by atoms with E-state index < -0.39 is 0 Å². The average molecular weight is 197 g/mol. The van der Waals surface area contributed by atoms with E-state index >= 15 is 0 Å². The summed E-state index contributed by atoms with van der Waals surface area (Å²) in [5.74, 6) is 0.0136. The topological polar surface area (TPSA) is 62.5 Å². The van der Waals surface area contributed by atoms with E-state index in [0.717, 1.165) is 12.0 Å². The largest absolute Gasteiger partial charge is 0.472 e. The fourth-order valence-electron chi connectivity index (χ4n) is 1.08. The van der Waals surface area contributed by atoms with Gasteiger partial charge in [0.15, 0.2) is 0 Å². The first-order valence-electron chi connectivity index (χ1n) is 4.71. The average Bonchev–Trinajstić information content (AvgIpc) is 2.68. The number of rotatable bonds is 6. The number of carbonyl (C=O) groups is 1. The molecule has 0 aromatic carbocycles. The van der Waals surface area contributed by atoms with E-state index in [4.69, 9.17) is 9.52 Å². The highest BCUT2D eigenvalue weighted by Gasteiger charge is 2.01. The van der Waals surface area contributed by atoms with Crippen LogP contribution in [0.15, 0.2) is 23.0 Å². The third-order valence-corrected chi connectivity index (χ3v) is 1.88. The fraction of sp³-hybridized carbons (Fsp3) is 0.500. The molecule has 2 N–H and O–H groups in total. The van der Waals surface area contributed by atoms with E-state index in [2.05, 4.69) is 5.32 Å². The molecule has 0 saturated carbocycles. The summed E-state index contributed by atoms with van der Waals surface area (Å²) >= 11 is 0. The lowest BCUT2D eigenvalue weighted by molar-refractivity contribution is -0.121. The van der Waals surface area contributed by atoms with Crippen molar-refractivity contribution in [2.75, 3.05) is 6.61 Å². The van der Waals surface area contributed by atoms with Gasteiger partial charge in [-0.1, -0.05) is 0 Å². The van der Waals surface area contributed by atoms with Crippen molar-refractivity contribution < 1.29 is 14.3 Å². The predicted octanol–water partition coefficient (Wildman–Crippen LogP) is 1.06. The van der Waals surface area contributed by atoms with Crippen LogP contribution in [0.25, 0.3) is 0 Å². The molecule has 1 aromatic rings. The molecule has 0 aliphatic carbocycles. The molecule has 0 spiro atoms. The van der Waals surface area contributed by atoms with Crippen molar-refractivity contribution in [2.45, 2.75) is 25.8 Å². The molecule has 1 heterocycles. The number of hydrogen-bond acceptors (Lipinski definition) is 3. The van der Waals surface area contributed by atoms with E-state index in [1.807, 2.05) is 6.07 Å². The van der Waals surface area contributed by atoms with Crippen LogP contribution < -0.4 is 5.32 Å². The Morgan fingerprint density at radius 3 is 3.00 bits per heavy atom. The summed E-state index contributed by atoms with van der Waals surface area (Å²) in [6.07, 6.45) is 5.06. The van der Waals surface area contributed by atoms with E-state index in [1.54, 1.807) is 12.5 Å². The second kappa shape index (κ2) is 6.21. The summed E-state index contributed by atoms with van der Waals surface area (Å²) in [6.45, 7) is 0.656. The van der Waals surface area contributed by atoms with Gasteiger partial charge in [0.2, 0.25) is 5.91 Å². The van der Waals surface area contributed by atoms with Crippen LogP contribution in [0.5, 0.6) is 0 Å². The third kappa shape index (κ3) is 4.09. The molecule has 0 saturated heterocycles. The molecule has 0 aliphatic heterocycles. The first kappa shape index (κ1) is 10.8. The van der Waals surface area contributed by atoms with Gasteiger partial charge in [0.25, 0.3) is 0 Å². The zero-order valence-electron chi connectivity index (χ0n) is 8.03. The Kier molecular flexibility index (Phi) is 4.78. The third-order valence-electron chi connectivity index (χ3n) is 1.88. The summed E-state index contributed by atoms with van der Waals surface area (Å²) in [5.41, 5.74) is 0.959. The smallest absolute Gasteiger partial charge is 0.220 e. The standard InChI is InChI=1S/C10H15NO3/c12-5-2-1-3-10(13)11-7-9-4-6-14-8-9/h4,6,8,12H,1-3,5,7H2,(H,11,13). The molecule has 0 aliphatic rings.